The number of fused-ring (bicyclic) bond motifs is 1. The van der Waals surface area contributed by atoms with E-state index < -0.39 is 0 Å². The lowest BCUT2D eigenvalue weighted by Gasteiger charge is -2.23. The fourth-order valence-corrected chi connectivity index (χ4v) is 2.73. The molecule has 0 radical (unpaired) electrons. The molecule has 0 aliphatic heterocycles. The molecule has 0 aliphatic carbocycles. The van der Waals surface area contributed by atoms with Gasteiger partial charge in [-0.05, 0) is 31.9 Å². The molecule has 5 nitrogen and oxygen atoms in total. The van der Waals surface area contributed by atoms with E-state index in [1.54, 1.807) is 0 Å². The van der Waals surface area contributed by atoms with Gasteiger partial charge in [-0.25, -0.2) is 4.98 Å². The van der Waals surface area contributed by atoms with Crippen LogP contribution in [0.15, 0.2) is 30.5 Å². The number of hydrogen-bond acceptors (Lipinski definition) is 5. The lowest BCUT2D eigenvalue weighted by molar-refractivity contribution is -0.122. The summed E-state index contributed by atoms with van der Waals surface area (Å²) >= 11 is 1.98. The van der Waals surface area contributed by atoms with Crippen LogP contribution in [0.4, 0.5) is 0 Å². The lowest BCUT2D eigenvalue weighted by atomic mass is 10.2. The third kappa shape index (κ3) is 5.99. The van der Waals surface area contributed by atoms with Crippen molar-refractivity contribution in [3.05, 3.63) is 36.2 Å². The summed E-state index contributed by atoms with van der Waals surface area (Å²) in [6, 6.07) is 8.56. The van der Waals surface area contributed by atoms with E-state index in [2.05, 4.69) is 35.8 Å². The van der Waals surface area contributed by atoms with Gasteiger partial charge in [-0.3, -0.25) is 14.7 Å². The van der Waals surface area contributed by atoms with Crippen molar-refractivity contribution in [2.75, 3.05) is 18.6 Å². The van der Waals surface area contributed by atoms with Crippen LogP contribution in [0.2, 0.25) is 0 Å². The number of carbonyl (C=O) groups is 1. The second-order valence-electron chi connectivity index (χ2n) is 4.88. The first-order chi connectivity index (χ1) is 10.6. The predicted octanol–water partition coefficient (Wildman–Crippen LogP) is 2.90. The van der Waals surface area contributed by atoms with Crippen molar-refractivity contribution in [3.63, 3.8) is 0 Å². The quantitative estimate of drug-likeness (QED) is 0.825. The molecule has 6 heteroatoms. The fraction of sp³-hybridized carbons (Fsp3) is 0.438. The maximum atomic E-state index is 8.36. The van der Waals surface area contributed by atoms with Crippen molar-refractivity contribution in [2.45, 2.75) is 26.4 Å². The molecule has 1 atom stereocenters. The van der Waals surface area contributed by atoms with Gasteiger partial charge in [0.05, 0.1) is 22.9 Å². The van der Waals surface area contributed by atoms with Crippen LogP contribution < -0.4 is 0 Å². The molecule has 2 rings (SSSR count). The van der Waals surface area contributed by atoms with E-state index in [0.29, 0.717) is 6.04 Å². The summed E-state index contributed by atoms with van der Waals surface area (Å²) in [4.78, 5) is 19.8. The van der Waals surface area contributed by atoms with Gasteiger partial charge in [0.25, 0.3) is 6.47 Å². The number of hydrogen-bond donors (Lipinski definition) is 1. The summed E-state index contributed by atoms with van der Waals surface area (Å²) in [5.41, 5.74) is 2.97. The Balaban J connectivity index is 0.000000745. The molecule has 1 aromatic heterocycles. The van der Waals surface area contributed by atoms with Crippen molar-refractivity contribution in [3.8, 4) is 0 Å². The molecule has 1 unspecified atom stereocenters. The highest BCUT2D eigenvalue weighted by atomic mass is 32.2. The number of benzene rings is 1. The molecule has 0 fully saturated rings. The standard InChI is InChI=1S/C15H21N3S.CH2O2/c1-4-19-11-12(2)18(3)10-13-9-16-14-7-5-6-8-15(14)17-13;2-1-3/h5-9,12H,4,10-11H2,1-3H3;1H,(H,2,3). The number of carboxylic acid groups (broad SMARTS) is 1. The van der Waals surface area contributed by atoms with E-state index in [0.717, 1.165) is 29.0 Å². The Morgan fingerprint density at radius 2 is 2.00 bits per heavy atom. The smallest absolute Gasteiger partial charge is 0.290 e. The van der Waals surface area contributed by atoms with Crippen molar-refractivity contribution < 1.29 is 9.90 Å². The Hall–Kier alpha value is -1.66. The average Bonchev–Trinajstić information content (AvgIpc) is 2.53. The molecular weight excluding hydrogens is 298 g/mol. The van der Waals surface area contributed by atoms with Gasteiger partial charge in [-0.2, -0.15) is 11.8 Å². The first-order valence-corrected chi connectivity index (χ1v) is 8.34. The van der Waals surface area contributed by atoms with E-state index >= 15 is 0 Å². The SMILES string of the molecule is CCSCC(C)N(C)Cc1cnc2ccccc2n1.O=CO. The number of thioether (sulfide) groups is 1. The fourth-order valence-electron chi connectivity index (χ4n) is 1.90. The molecule has 1 heterocycles. The molecule has 1 aromatic carbocycles. The summed E-state index contributed by atoms with van der Waals surface area (Å²) < 4.78 is 0. The average molecular weight is 321 g/mol. The first-order valence-electron chi connectivity index (χ1n) is 7.18. The zero-order valence-electron chi connectivity index (χ0n) is 13.3. The highest BCUT2D eigenvalue weighted by Crippen LogP contribution is 2.12. The Labute approximate surface area is 135 Å². The van der Waals surface area contributed by atoms with Crippen LogP contribution in [0.3, 0.4) is 0 Å². The van der Waals surface area contributed by atoms with E-state index in [9.17, 15) is 0 Å². The molecule has 1 N–H and O–H groups in total. The second-order valence-corrected chi connectivity index (χ2v) is 6.20. The highest BCUT2D eigenvalue weighted by Gasteiger charge is 2.10. The zero-order chi connectivity index (χ0) is 16.4. The molecule has 0 saturated heterocycles. The van der Waals surface area contributed by atoms with Crippen LogP contribution in [0.25, 0.3) is 11.0 Å². The topological polar surface area (TPSA) is 66.3 Å². The number of rotatable bonds is 6. The third-order valence-electron chi connectivity index (χ3n) is 3.23. The molecule has 22 heavy (non-hydrogen) atoms. The normalized spacial score (nSPS) is 11.8. The summed E-state index contributed by atoms with van der Waals surface area (Å²) in [7, 11) is 2.15. The van der Waals surface area contributed by atoms with Crippen LogP contribution in [-0.2, 0) is 11.3 Å². The summed E-state index contributed by atoms with van der Waals surface area (Å²) in [5, 5.41) is 6.89. The van der Waals surface area contributed by atoms with Crippen molar-refractivity contribution in [1.82, 2.24) is 14.9 Å². The van der Waals surface area contributed by atoms with Crippen LogP contribution in [0, 0.1) is 0 Å². The van der Waals surface area contributed by atoms with Crippen LogP contribution >= 0.6 is 11.8 Å². The van der Waals surface area contributed by atoms with Gasteiger partial charge >= 0.3 is 0 Å². The third-order valence-corrected chi connectivity index (χ3v) is 4.35. The van der Waals surface area contributed by atoms with Crippen LogP contribution in [-0.4, -0.2) is 51.0 Å². The van der Waals surface area contributed by atoms with E-state index in [4.69, 9.17) is 9.90 Å². The van der Waals surface area contributed by atoms with E-state index in [1.807, 2.05) is 42.2 Å². The minimum absolute atomic E-state index is 0.250. The predicted molar refractivity (Wildman–Crippen MR) is 92.2 cm³/mol. The minimum atomic E-state index is -0.250. The van der Waals surface area contributed by atoms with E-state index in [1.165, 1.54) is 5.75 Å². The minimum Gasteiger partial charge on any atom is -0.483 e. The molecule has 120 valence electrons. The maximum absolute atomic E-state index is 8.36. The molecular formula is C16H23N3O2S. The van der Waals surface area contributed by atoms with Crippen LogP contribution in [0.1, 0.15) is 19.5 Å². The van der Waals surface area contributed by atoms with Crippen molar-refractivity contribution in [1.29, 1.82) is 0 Å². The monoisotopic (exact) mass is 321 g/mol. The summed E-state index contributed by atoms with van der Waals surface area (Å²) in [5.74, 6) is 2.34. The Morgan fingerprint density at radius 1 is 1.36 bits per heavy atom. The molecule has 0 bridgehead atoms. The largest absolute Gasteiger partial charge is 0.483 e. The van der Waals surface area contributed by atoms with Gasteiger partial charge in [0, 0.05) is 18.3 Å². The number of nitrogens with zero attached hydrogens (tertiary/aromatic N) is 3. The Morgan fingerprint density at radius 3 is 2.64 bits per heavy atom. The molecule has 0 saturated carbocycles. The zero-order valence-corrected chi connectivity index (χ0v) is 14.1. The molecule has 0 spiro atoms. The molecule has 0 amide bonds. The lowest BCUT2D eigenvalue weighted by Crippen LogP contribution is -2.31. The first kappa shape index (κ1) is 18.4. The number of para-hydroxylation sites is 2. The maximum Gasteiger partial charge on any atom is 0.290 e. The highest BCUT2D eigenvalue weighted by molar-refractivity contribution is 7.99. The van der Waals surface area contributed by atoms with Crippen molar-refractivity contribution in [2.24, 2.45) is 0 Å². The second kappa shape index (κ2) is 10.1. The van der Waals surface area contributed by atoms with Gasteiger partial charge in [0.2, 0.25) is 0 Å². The van der Waals surface area contributed by atoms with Gasteiger partial charge in [0.15, 0.2) is 0 Å². The van der Waals surface area contributed by atoms with Crippen LogP contribution in [0.5, 0.6) is 0 Å². The van der Waals surface area contributed by atoms with Gasteiger partial charge in [0.1, 0.15) is 0 Å². The van der Waals surface area contributed by atoms with Gasteiger partial charge in [-0.15, -0.1) is 0 Å². The van der Waals surface area contributed by atoms with E-state index in [-0.39, 0.29) is 6.47 Å². The van der Waals surface area contributed by atoms with Gasteiger partial charge in [-0.1, -0.05) is 19.1 Å². The Kier molecular flexibility index (Phi) is 8.47. The van der Waals surface area contributed by atoms with Crippen molar-refractivity contribution >= 4 is 29.3 Å². The van der Waals surface area contributed by atoms with Gasteiger partial charge < -0.3 is 5.11 Å². The number of aromatic nitrogens is 2. The molecule has 2 aromatic rings. The Bertz CT molecular complexity index is 580. The summed E-state index contributed by atoms with van der Waals surface area (Å²) in [6.45, 7) is 5.06. The summed E-state index contributed by atoms with van der Waals surface area (Å²) in [6.07, 6.45) is 1.89. The molecule has 0 aliphatic rings.